The molecule has 23 heavy (non-hydrogen) atoms. The Balaban J connectivity index is 1.81. The summed E-state index contributed by atoms with van der Waals surface area (Å²) in [5.74, 6) is -0.523. The Kier molecular flexibility index (Phi) is 4.45. The van der Waals surface area contributed by atoms with Crippen molar-refractivity contribution in [2.45, 2.75) is 6.61 Å². The summed E-state index contributed by atoms with van der Waals surface area (Å²) in [6.07, 6.45) is 1.63. The van der Waals surface area contributed by atoms with Gasteiger partial charge in [-0.25, -0.2) is 9.78 Å². The highest BCUT2D eigenvalue weighted by Crippen LogP contribution is 2.13. The van der Waals surface area contributed by atoms with Gasteiger partial charge in [-0.05, 0) is 46.3 Å². The van der Waals surface area contributed by atoms with E-state index in [0.29, 0.717) is 21.9 Å². The van der Waals surface area contributed by atoms with Crippen LogP contribution in [0, 0.1) is 0 Å². The maximum absolute atomic E-state index is 12.1. The summed E-state index contributed by atoms with van der Waals surface area (Å²) in [4.78, 5) is 28.3. The molecule has 1 aromatic carbocycles. The molecule has 7 heteroatoms. The van der Waals surface area contributed by atoms with Crippen LogP contribution in [-0.4, -0.2) is 15.4 Å². The van der Waals surface area contributed by atoms with Gasteiger partial charge in [0.2, 0.25) is 0 Å². The predicted octanol–water partition coefficient (Wildman–Crippen LogP) is 3.47. The monoisotopic (exact) mass is 392 g/mol. The molecule has 3 rings (SSSR count). The van der Waals surface area contributed by atoms with E-state index in [0.717, 1.165) is 4.47 Å². The number of carbonyl (C=O) groups is 1. The van der Waals surface area contributed by atoms with Crippen LogP contribution in [0.25, 0.3) is 5.65 Å². The fraction of sp³-hybridized carbons (Fsp3) is 0.0625. The Labute approximate surface area is 144 Å². The zero-order chi connectivity index (χ0) is 16.4. The lowest BCUT2D eigenvalue weighted by Gasteiger charge is -2.06. The van der Waals surface area contributed by atoms with Gasteiger partial charge >= 0.3 is 5.97 Å². The van der Waals surface area contributed by atoms with Gasteiger partial charge in [0.05, 0.1) is 11.3 Å². The molecule has 0 N–H and O–H groups in total. The number of pyridine rings is 1. The Bertz CT molecular complexity index is 955. The molecule has 3 aromatic rings. The number of hydrogen-bond donors (Lipinski definition) is 0. The van der Waals surface area contributed by atoms with E-state index in [1.807, 2.05) is 0 Å². The number of carbonyl (C=O) groups excluding carboxylic acids is 1. The highest BCUT2D eigenvalue weighted by Gasteiger charge is 2.09. The number of aromatic nitrogens is 2. The van der Waals surface area contributed by atoms with Crippen molar-refractivity contribution in [2.24, 2.45) is 0 Å². The normalized spacial score (nSPS) is 10.7. The van der Waals surface area contributed by atoms with E-state index in [9.17, 15) is 9.59 Å². The maximum Gasteiger partial charge on any atom is 0.338 e. The molecule has 2 aromatic heterocycles. The molecular formula is C16H10BrClN2O3. The van der Waals surface area contributed by atoms with E-state index in [-0.39, 0.29) is 12.2 Å². The summed E-state index contributed by atoms with van der Waals surface area (Å²) in [6.45, 7) is -0.0901. The molecule has 0 saturated heterocycles. The second kappa shape index (κ2) is 6.52. The van der Waals surface area contributed by atoms with Crippen molar-refractivity contribution >= 4 is 39.1 Å². The third kappa shape index (κ3) is 3.60. The van der Waals surface area contributed by atoms with Gasteiger partial charge in [-0.1, -0.05) is 17.7 Å². The number of hydrogen-bond acceptors (Lipinski definition) is 4. The van der Waals surface area contributed by atoms with Gasteiger partial charge in [-0.2, -0.15) is 0 Å². The third-order valence-corrected chi connectivity index (χ3v) is 3.79. The molecule has 0 aliphatic rings. The number of ether oxygens (including phenoxy) is 1. The first-order valence-electron chi connectivity index (χ1n) is 6.63. The van der Waals surface area contributed by atoms with Crippen LogP contribution in [0.3, 0.4) is 0 Å². The maximum atomic E-state index is 12.1. The van der Waals surface area contributed by atoms with Crippen LogP contribution in [0.5, 0.6) is 0 Å². The van der Waals surface area contributed by atoms with Gasteiger partial charge in [-0.3, -0.25) is 9.20 Å². The van der Waals surface area contributed by atoms with E-state index in [1.165, 1.54) is 16.5 Å². The Morgan fingerprint density at radius 3 is 2.87 bits per heavy atom. The van der Waals surface area contributed by atoms with Gasteiger partial charge in [0.15, 0.2) is 0 Å². The second-order valence-corrected chi connectivity index (χ2v) is 6.10. The molecule has 0 radical (unpaired) electrons. The zero-order valence-corrected chi connectivity index (χ0v) is 14.0. The van der Waals surface area contributed by atoms with E-state index in [4.69, 9.17) is 16.3 Å². The fourth-order valence-electron chi connectivity index (χ4n) is 2.04. The molecule has 2 heterocycles. The standard InChI is InChI=1S/C16H10BrClN2O3/c17-11-4-5-14-19-13(7-15(21)20(14)8-11)9-23-16(22)10-2-1-3-12(18)6-10/h1-8H,9H2. The smallest absolute Gasteiger partial charge is 0.338 e. The van der Waals surface area contributed by atoms with Crippen LogP contribution in [-0.2, 0) is 11.3 Å². The summed E-state index contributed by atoms with van der Waals surface area (Å²) >= 11 is 9.14. The first-order valence-corrected chi connectivity index (χ1v) is 7.80. The van der Waals surface area contributed by atoms with Gasteiger partial charge in [0.1, 0.15) is 12.3 Å². The molecule has 0 atom stereocenters. The summed E-state index contributed by atoms with van der Waals surface area (Å²) in [7, 11) is 0. The zero-order valence-electron chi connectivity index (χ0n) is 11.7. The number of nitrogens with zero attached hydrogens (tertiary/aromatic N) is 2. The predicted molar refractivity (Wildman–Crippen MR) is 89.7 cm³/mol. The largest absolute Gasteiger partial charge is 0.456 e. The van der Waals surface area contributed by atoms with Crippen molar-refractivity contribution in [3.05, 3.63) is 79.8 Å². The Morgan fingerprint density at radius 2 is 2.09 bits per heavy atom. The third-order valence-electron chi connectivity index (χ3n) is 3.09. The van der Waals surface area contributed by atoms with Crippen LogP contribution >= 0.6 is 27.5 Å². The Hall–Kier alpha value is -2.18. The molecule has 0 aliphatic carbocycles. The molecule has 0 fully saturated rings. The van der Waals surface area contributed by atoms with Gasteiger partial charge in [0, 0.05) is 21.8 Å². The van der Waals surface area contributed by atoms with E-state index in [2.05, 4.69) is 20.9 Å². The molecule has 0 spiro atoms. The van der Waals surface area contributed by atoms with Crippen molar-refractivity contribution in [1.29, 1.82) is 0 Å². The minimum Gasteiger partial charge on any atom is -0.456 e. The topological polar surface area (TPSA) is 60.7 Å². The molecular weight excluding hydrogens is 384 g/mol. The van der Waals surface area contributed by atoms with E-state index < -0.39 is 5.97 Å². The van der Waals surface area contributed by atoms with Crippen LogP contribution < -0.4 is 5.56 Å². The summed E-state index contributed by atoms with van der Waals surface area (Å²) in [5.41, 5.74) is 0.964. The Morgan fingerprint density at radius 1 is 1.26 bits per heavy atom. The molecule has 0 amide bonds. The molecule has 5 nitrogen and oxygen atoms in total. The van der Waals surface area contributed by atoms with Crippen molar-refractivity contribution in [1.82, 2.24) is 9.38 Å². The molecule has 0 unspecified atom stereocenters. The van der Waals surface area contributed by atoms with Gasteiger partial charge in [0.25, 0.3) is 5.56 Å². The lowest BCUT2D eigenvalue weighted by atomic mass is 10.2. The lowest BCUT2D eigenvalue weighted by Crippen LogP contribution is -2.16. The van der Waals surface area contributed by atoms with Crippen molar-refractivity contribution in [3.8, 4) is 0 Å². The van der Waals surface area contributed by atoms with E-state index >= 15 is 0 Å². The van der Waals surface area contributed by atoms with Crippen LogP contribution in [0.4, 0.5) is 0 Å². The number of fused-ring (bicyclic) bond motifs is 1. The van der Waals surface area contributed by atoms with Gasteiger partial charge in [-0.15, -0.1) is 0 Å². The summed E-state index contributed by atoms with van der Waals surface area (Å²) < 4.78 is 7.36. The lowest BCUT2D eigenvalue weighted by molar-refractivity contribution is 0.0467. The average Bonchev–Trinajstić information content (AvgIpc) is 2.53. The molecule has 116 valence electrons. The first-order chi connectivity index (χ1) is 11.0. The first kappa shape index (κ1) is 15.7. The second-order valence-electron chi connectivity index (χ2n) is 4.75. The quantitative estimate of drug-likeness (QED) is 0.639. The van der Waals surface area contributed by atoms with E-state index in [1.54, 1.807) is 36.5 Å². The number of halogens is 2. The average molecular weight is 394 g/mol. The SMILES string of the molecule is O=C(OCc1cc(=O)n2cc(Br)ccc2n1)c1cccc(Cl)c1. The van der Waals surface area contributed by atoms with Crippen LogP contribution in [0.1, 0.15) is 16.1 Å². The number of benzene rings is 1. The minimum absolute atomic E-state index is 0.0901. The summed E-state index contributed by atoms with van der Waals surface area (Å²) in [6, 6.07) is 11.3. The molecule has 0 bridgehead atoms. The van der Waals surface area contributed by atoms with Crippen molar-refractivity contribution in [2.75, 3.05) is 0 Å². The van der Waals surface area contributed by atoms with Gasteiger partial charge < -0.3 is 4.74 Å². The minimum atomic E-state index is -0.523. The van der Waals surface area contributed by atoms with Crippen molar-refractivity contribution < 1.29 is 9.53 Å². The van der Waals surface area contributed by atoms with Crippen molar-refractivity contribution in [3.63, 3.8) is 0 Å². The van der Waals surface area contributed by atoms with Crippen LogP contribution in [0.15, 0.2) is 57.9 Å². The number of esters is 1. The summed E-state index contributed by atoms with van der Waals surface area (Å²) in [5, 5.41) is 0.451. The highest BCUT2D eigenvalue weighted by molar-refractivity contribution is 9.10. The highest BCUT2D eigenvalue weighted by atomic mass is 79.9. The molecule has 0 saturated carbocycles. The van der Waals surface area contributed by atoms with Crippen LogP contribution in [0.2, 0.25) is 5.02 Å². The number of rotatable bonds is 3. The fourth-order valence-corrected chi connectivity index (χ4v) is 2.57. The molecule has 0 aliphatic heterocycles.